The standard InChI is InChI=1S/C18H21N5O2/c24-17-16-11-22(10-13-4-2-1-3-5-13)6-7-23(16)18(25)15(21-17)8-14-9-19-12-20-14/h1-5,9,12,15-16H,6-8,10-11H2,(H,19,20)(H,21,24)/t15-,16+/m0/s1. The molecule has 2 amide bonds. The molecule has 130 valence electrons. The predicted octanol–water partition coefficient (Wildman–Crippen LogP) is 0.164. The summed E-state index contributed by atoms with van der Waals surface area (Å²) in [5.41, 5.74) is 2.07. The first-order valence-corrected chi connectivity index (χ1v) is 8.55. The zero-order chi connectivity index (χ0) is 17.2. The maximum Gasteiger partial charge on any atom is 0.246 e. The lowest BCUT2D eigenvalue weighted by molar-refractivity contribution is -0.153. The molecule has 2 aliphatic heterocycles. The van der Waals surface area contributed by atoms with Crippen molar-refractivity contribution in [2.24, 2.45) is 0 Å². The Hall–Kier alpha value is -2.67. The van der Waals surface area contributed by atoms with E-state index in [1.54, 1.807) is 17.4 Å². The highest BCUT2D eigenvalue weighted by atomic mass is 16.2. The Labute approximate surface area is 146 Å². The molecule has 2 atom stereocenters. The molecule has 7 nitrogen and oxygen atoms in total. The minimum Gasteiger partial charge on any atom is -0.348 e. The van der Waals surface area contributed by atoms with Crippen molar-refractivity contribution in [2.75, 3.05) is 19.6 Å². The summed E-state index contributed by atoms with van der Waals surface area (Å²) in [7, 11) is 0. The summed E-state index contributed by atoms with van der Waals surface area (Å²) >= 11 is 0. The molecule has 0 saturated carbocycles. The first-order chi connectivity index (χ1) is 12.2. The van der Waals surface area contributed by atoms with Crippen LogP contribution in [0.4, 0.5) is 0 Å². The maximum absolute atomic E-state index is 12.8. The molecule has 7 heteroatoms. The number of nitrogens with one attached hydrogen (secondary N) is 2. The van der Waals surface area contributed by atoms with Gasteiger partial charge in [-0.1, -0.05) is 30.3 Å². The van der Waals surface area contributed by atoms with E-state index in [1.165, 1.54) is 5.56 Å². The molecule has 1 aromatic heterocycles. The number of nitrogens with zero attached hydrogens (tertiary/aromatic N) is 3. The largest absolute Gasteiger partial charge is 0.348 e. The van der Waals surface area contributed by atoms with Crippen LogP contribution >= 0.6 is 0 Å². The van der Waals surface area contributed by atoms with Gasteiger partial charge in [0.15, 0.2) is 0 Å². The van der Waals surface area contributed by atoms with Crippen LogP contribution in [0, 0.1) is 0 Å². The van der Waals surface area contributed by atoms with Crippen LogP contribution in [-0.2, 0) is 22.6 Å². The van der Waals surface area contributed by atoms with Gasteiger partial charge in [-0.25, -0.2) is 4.98 Å². The third-order valence-electron chi connectivity index (χ3n) is 4.89. The Bertz CT molecular complexity index is 746. The number of fused-ring (bicyclic) bond motifs is 1. The lowest BCUT2D eigenvalue weighted by Crippen LogP contribution is -2.69. The number of carbonyl (C=O) groups excluding carboxylic acids is 2. The average Bonchev–Trinajstić information content (AvgIpc) is 3.13. The van der Waals surface area contributed by atoms with Gasteiger partial charge in [0.2, 0.25) is 11.8 Å². The van der Waals surface area contributed by atoms with Crippen LogP contribution in [0.1, 0.15) is 11.3 Å². The zero-order valence-corrected chi connectivity index (χ0v) is 13.9. The van der Waals surface area contributed by atoms with Crippen molar-refractivity contribution in [3.8, 4) is 0 Å². The molecule has 2 saturated heterocycles. The topological polar surface area (TPSA) is 81.3 Å². The van der Waals surface area contributed by atoms with E-state index in [-0.39, 0.29) is 11.8 Å². The molecule has 0 aliphatic carbocycles. The highest BCUT2D eigenvalue weighted by Gasteiger charge is 2.43. The first kappa shape index (κ1) is 15.8. The molecule has 2 aliphatic rings. The molecule has 2 fully saturated rings. The molecule has 1 aromatic carbocycles. The molecule has 0 radical (unpaired) electrons. The molecule has 3 heterocycles. The molecule has 0 spiro atoms. The van der Waals surface area contributed by atoms with Crippen LogP contribution < -0.4 is 5.32 Å². The van der Waals surface area contributed by atoms with E-state index in [9.17, 15) is 9.59 Å². The van der Waals surface area contributed by atoms with E-state index in [1.807, 2.05) is 18.2 Å². The normalized spacial score (nSPS) is 24.1. The van der Waals surface area contributed by atoms with Crippen LogP contribution in [0.15, 0.2) is 42.9 Å². The fraction of sp³-hybridized carbons (Fsp3) is 0.389. The molecule has 2 N–H and O–H groups in total. The van der Waals surface area contributed by atoms with Gasteiger partial charge in [-0.05, 0) is 5.56 Å². The summed E-state index contributed by atoms with van der Waals surface area (Å²) in [6.45, 7) is 2.73. The van der Waals surface area contributed by atoms with Gasteiger partial charge in [0.25, 0.3) is 0 Å². The molecule has 4 rings (SSSR count). The second-order valence-electron chi connectivity index (χ2n) is 6.61. The van der Waals surface area contributed by atoms with Crippen LogP contribution in [-0.4, -0.2) is 63.3 Å². The Balaban J connectivity index is 1.42. The van der Waals surface area contributed by atoms with Crippen molar-refractivity contribution in [3.05, 3.63) is 54.1 Å². The quantitative estimate of drug-likeness (QED) is 0.832. The third kappa shape index (κ3) is 3.28. The van der Waals surface area contributed by atoms with Crippen LogP contribution in [0.25, 0.3) is 0 Å². The highest BCUT2D eigenvalue weighted by Crippen LogP contribution is 2.19. The second kappa shape index (κ2) is 6.68. The predicted molar refractivity (Wildman–Crippen MR) is 91.4 cm³/mol. The SMILES string of the molecule is O=C1N[C@@H](Cc2cnc[nH]2)C(=O)N2CCN(Cc3ccccc3)C[C@H]12. The lowest BCUT2D eigenvalue weighted by Gasteiger charge is -2.45. The number of imidazole rings is 1. The number of hydrogen-bond donors (Lipinski definition) is 2. The van der Waals surface area contributed by atoms with Gasteiger partial charge >= 0.3 is 0 Å². The summed E-state index contributed by atoms with van der Waals surface area (Å²) < 4.78 is 0. The van der Waals surface area contributed by atoms with Gasteiger partial charge in [0.1, 0.15) is 12.1 Å². The van der Waals surface area contributed by atoms with Crippen molar-refractivity contribution < 1.29 is 9.59 Å². The third-order valence-corrected chi connectivity index (χ3v) is 4.89. The fourth-order valence-corrected chi connectivity index (χ4v) is 3.60. The number of piperazine rings is 2. The molecular formula is C18H21N5O2. The Morgan fingerprint density at radius 2 is 2.00 bits per heavy atom. The maximum atomic E-state index is 12.8. The van der Waals surface area contributed by atoms with Crippen molar-refractivity contribution in [2.45, 2.75) is 25.0 Å². The van der Waals surface area contributed by atoms with E-state index in [4.69, 9.17) is 0 Å². The molecule has 25 heavy (non-hydrogen) atoms. The highest BCUT2D eigenvalue weighted by molar-refractivity contribution is 5.97. The van der Waals surface area contributed by atoms with Gasteiger partial charge in [0, 0.05) is 44.5 Å². The number of hydrogen-bond acceptors (Lipinski definition) is 4. The summed E-state index contributed by atoms with van der Waals surface area (Å²) in [4.78, 5) is 36.2. The molecular weight excluding hydrogens is 318 g/mol. The van der Waals surface area contributed by atoms with Crippen LogP contribution in [0.2, 0.25) is 0 Å². The Morgan fingerprint density at radius 3 is 2.76 bits per heavy atom. The number of rotatable bonds is 4. The molecule has 0 bridgehead atoms. The first-order valence-electron chi connectivity index (χ1n) is 8.55. The van der Waals surface area contributed by atoms with Gasteiger partial charge in [-0.15, -0.1) is 0 Å². The smallest absolute Gasteiger partial charge is 0.246 e. The number of carbonyl (C=O) groups is 2. The fourth-order valence-electron chi connectivity index (χ4n) is 3.60. The summed E-state index contributed by atoms with van der Waals surface area (Å²) in [5.74, 6) is -0.0690. The van der Waals surface area contributed by atoms with E-state index >= 15 is 0 Å². The van der Waals surface area contributed by atoms with Gasteiger partial charge in [0.05, 0.1) is 6.33 Å². The summed E-state index contributed by atoms with van der Waals surface area (Å²) in [6, 6.07) is 9.28. The minimum atomic E-state index is -0.509. The van der Waals surface area contributed by atoms with E-state index < -0.39 is 12.1 Å². The van der Waals surface area contributed by atoms with E-state index in [0.29, 0.717) is 19.5 Å². The summed E-state index contributed by atoms with van der Waals surface area (Å²) in [5, 5.41) is 2.88. The van der Waals surface area contributed by atoms with E-state index in [0.717, 1.165) is 18.8 Å². The number of aromatic amines is 1. The van der Waals surface area contributed by atoms with Crippen molar-refractivity contribution >= 4 is 11.8 Å². The number of benzene rings is 1. The van der Waals surface area contributed by atoms with Crippen molar-refractivity contribution in [1.82, 2.24) is 25.1 Å². The number of H-pyrrole nitrogens is 1. The average molecular weight is 339 g/mol. The van der Waals surface area contributed by atoms with Crippen molar-refractivity contribution in [1.29, 1.82) is 0 Å². The Morgan fingerprint density at radius 1 is 1.16 bits per heavy atom. The van der Waals surface area contributed by atoms with Gasteiger partial charge in [-0.3, -0.25) is 14.5 Å². The monoisotopic (exact) mass is 339 g/mol. The van der Waals surface area contributed by atoms with Gasteiger partial charge < -0.3 is 15.2 Å². The Kier molecular flexibility index (Phi) is 4.23. The minimum absolute atomic E-state index is 0.00133. The van der Waals surface area contributed by atoms with Crippen LogP contribution in [0.5, 0.6) is 0 Å². The van der Waals surface area contributed by atoms with Crippen molar-refractivity contribution in [3.63, 3.8) is 0 Å². The van der Waals surface area contributed by atoms with Crippen LogP contribution in [0.3, 0.4) is 0 Å². The molecule has 0 unspecified atom stereocenters. The van der Waals surface area contributed by atoms with Gasteiger partial charge in [-0.2, -0.15) is 0 Å². The lowest BCUT2D eigenvalue weighted by atomic mass is 10.0. The molecule has 2 aromatic rings. The second-order valence-corrected chi connectivity index (χ2v) is 6.61. The number of amides is 2. The van der Waals surface area contributed by atoms with E-state index in [2.05, 4.69) is 32.3 Å². The number of aromatic nitrogens is 2. The summed E-state index contributed by atoms with van der Waals surface area (Å²) in [6.07, 6.45) is 3.71. The zero-order valence-electron chi connectivity index (χ0n) is 13.9.